The minimum atomic E-state index is -0.535. The molecule has 0 N–H and O–H groups in total. The largest absolute Gasteiger partial charge is 0.260 e. The zero-order valence-electron chi connectivity index (χ0n) is 27.8. The standard InChI is InChI=1S/C48H32N2S/c1-5-23-41-37(19-1)38-20-2-6-24-42(38)47(41,45-27-9-11-29-49-45)33-15-13-17-35(31-33)51-36-18-14-16-34(32-36)48(46-28-10-12-30-50-46)43-25-7-3-21-39(43)40-22-4-8-26-44(40)48/h1-32H. The molecular formula is C48H32N2S. The highest BCUT2D eigenvalue weighted by molar-refractivity contribution is 7.99. The molecule has 0 saturated heterocycles. The Hall–Kier alpha value is -6.03. The molecule has 6 aromatic carbocycles. The molecule has 0 aliphatic heterocycles. The zero-order chi connectivity index (χ0) is 33.8. The molecule has 0 amide bonds. The molecule has 0 bridgehead atoms. The molecule has 2 heterocycles. The normalized spacial score (nSPS) is 14.3. The summed E-state index contributed by atoms with van der Waals surface area (Å²) in [6.07, 6.45) is 3.84. The van der Waals surface area contributed by atoms with E-state index in [0.717, 1.165) is 11.4 Å². The number of fused-ring (bicyclic) bond motifs is 6. The third kappa shape index (κ3) is 4.32. The molecule has 2 aliphatic carbocycles. The molecule has 0 saturated carbocycles. The van der Waals surface area contributed by atoms with E-state index in [2.05, 4.69) is 170 Å². The molecule has 240 valence electrons. The monoisotopic (exact) mass is 668 g/mol. The molecule has 0 atom stereocenters. The maximum Gasteiger partial charge on any atom is 0.0886 e. The average Bonchev–Trinajstić information content (AvgIpc) is 3.68. The first kappa shape index (κ1) is 29.8. The van der Waals surface area contributed by atoms with E-state index in [4.69, 9.17) is 9.97 Å². The van der Waals surface area contributed by atoms with Crippen LogP contribution in [0.1, 0.15) is 44.8 Å². The van der Waals surface area contributed by atoms with Crippen molar-refractivity contribution < 1.29 is 0 Å². The highest BCUT2D eigenvalue weighted by Gasteiger charge is 2.48. The fourth-order valence-electron chi connectivity index (χ4n) is 8.83. The fraction of sp³-hybridized carbons (Fsp3) is 0.0417. The Morgan fingerprint density at radius 3 is 1.04 bits per heavy atom. The van der Waals surface area contributed by atoms with Crippen LogP contribution in [-0.2, 0) is 10.8 Å². The number of aromatic nitrogens is 2. The number of rotatable bonds is 6. The lowest BCUT2D eigenvalue weighted by Gasteiger charge is -2.33. The highest BCUT2D eigenvalue weighted by atomic mass is 32.2. The lowest BCUT2D eigenvalue weighted by atomic mass is 9.70. The van der Waals surface area contributed by atoms with E-state index in [1.807, 2.05) is 24.5 Å². The van der Waals surface area contributed by atoms with Crippen LogP contribution in [0.15, 0.2) is 204 Å². The van der Waals surface area contributed by atoms with Gasteiger partial charge in [0.25, 0.3) is 0 Å². The van der Waals surface area contributed by atoms with Gasteiger partial charge >= 0.3 is 0 Å². The number of benzene rings is 6. The Morgan fingerprint density at radius 2 is 0.686 bits per heavy atom. The fourth-order valence-corrected chi connectivity index (χ4v) is 9.77. The van der Waals surface area contributed by atoms with Gasteiger partial charge < -0.3 is 0 Å². The van der Waals surface area contributed by atoms with Gasteiger partial charge in [-0.1, -0.05) is 145 Å². The first-order valence-electron chi connectivity index (χ1n) is 17.4. The Balaban J connectivity index is 1.13. The van der Waals surface area contributed by atoms with Crippen LogP contribution in [0.5, 0.6) is 0 Å². The molecule has 0 radical (unpaired) electrons. The predicted molar refractivity (Wildman–Crippen MR) is 207 cm³/mol. The first-order valence-corrected chi connectivity index (χ1v) is 18.2. The van der Waals surface area contributed by atoms with Gasteiger partial charge in [-0.3, -0.25) is 9.97 Å². The van der Waals surface area contributed by atoms with Crippen LogP contribution in [0.25, 0.3) is 22.3 Å². The Labute approximate surface area is 302 Å². The SMILES string of the molecule is c1ccc(C2(c3cccc(Sc4cccc(C5(c6ccccn6)c6ccccc6-c6ccccc65)c4)c3)c3ccccc3-c3ccccc32)nc1. The summed E-state index contributed by atoms with van der Waals surface area (Å²) < 4.78 is 0. The van der Waals surface area contributed by atoms with Crippen LogP contribution >= 0.6 is 11.8 Å². The van der Waals surface area contributed by atoms with Gasteiger partial charge in [0.15, 0.2) is 0 Å². The lowest BCUT2D eigenvalue weighted by molar-refractivity contribution is 0.731. The van der Waals surface area contributed by atoms with Gasteiger partial charge in [-0.25, -0.2) is 0 Å². The second-order valence-electron chi connectivity index (χ2n) is 13.3. The van der Waals surface area contributed by atoms with Gasteiger partial charge in [0.05, 0.1) is 22.2 Å². The highest BCUT2D eigenvalue weighted by Crippen LogP contribution is 2.57. The third-order valence-electron chi connectivity index (χ3n) is 10.8. The molecule has 10 rings (SSSR count). The quantitative estimate of drug-likeness (QED) is 0.176. The predicted octanol–water partition coefficient (Wildman–Crippen LogP) is 11.4. The average molecular weight is 669 g/mol. The van der Waals surface area contributed by atoms with Gasteiger partial charge in [0, 0.05) is 22.2 Å². The molecule has 0 unspecified atom stereocenters. The summed E-state index contributed by atoms with van der Waals surface area (Å²) in [6.45, 7) is 0. The zero-order valence-corrected chi connectivity index (χ0v) is 28.6. The number of pyridine rings is 2. The molecular weight excluding hydrogens is 637 g/mol. The molecule has 0 spiro atoms. The summed E-state index contributed by atoms with van der Waals surface area (Å²) in [6, 6.07) is 66.0. The van der Waals surface area contributed by atoms with E-state index in [-0.39, 0.29) is 0 Å². The van der Waals surface area contributed by atoms with Crippen LogP contribution < -0.4 is 0 Å². The summed E-state index contributed by atoms with van der Waals surface area (Å²) in [5.41, 5.74) is 13.5. The van der Waals surface area contributed by atoms with Crippen molar-refractivity contribution in [1.82, 2.24) is 9.97 Å². The van der Waals surface area contributed by atoms with E-state index in [1.165, 1.54) is 65.4 Å². The molecule has 2 aliphatic rings. The summed E-state index contributed by atoms with van der Waals surface area (Å²) in [5, 5.41) is 0. The van der Waals surface area contributed by atoms with Crippen molar-refractivity contribution in [2.75, 3.05) is 0 Å². The van der Waals surface area contributed by atoms with Crippen molar-refractivity contribution in [2.24, 2.45) is 0 Å². The van der Waals surface area contributed by atoms with Crippen LogP contribution in [0.4, 0.5) is 0 Å². The van der Waals surface area contributed by atoms with Gasteiger partial charge in [-0.05, 0) is 104 Å². The first-order chi connectivity index (χ1) is 25.3. The Morgan fingerprint density at radius 1 is 0.333 bits per heavy atom. The summed E-state index contributed by atoms with van der Waals surface area (Å²) >= 11 is 1.81. The van der Waals surface area contributed by atoms with E-state index < -0.39 is 10.8 Å². The van der Waals surface area contributed by atoms with Gasteiger partial charge in [0.2, 0.25) is 0 Å². The molecule has 2 nitrogen and oxygen atoms in total. The third-order valence-corrected chi connectivity index (χ3v) is 11.8. The Bertz CT molecular complexity index is 2310. The van der Waals surface area contributed by atoms with E-state index in [1.54, 1.807) is 11.8 Å². The minimum absolute atomic E-state index is 0.535. The smallest absolute Gasteiger partial charge is 0.0886 e. The minimum Gasteiger partial charge on any atom is -0.260 e. The topological polar surface area (TPSA) is 25.8 Å². The molecule has 51 heavy (non-hydrogen) atoms. The molecule has 0 fully saturated rings. The summed E-state index contributed by atoms with van der Waals surface area (Å²) in [7, 11) is 0. The van der Waals surface area contributed by atoms with Crippen molar-refractivity contribution in [3.8, 4) is 22.3 Å². The van der Waals surface area contributed by atoms with Gasteiger partial charge in [0.1, 0.15) is 0 Å². The van der Waals surface area contributed by atoms with Gasteiger partial charge in [-0.2, -0.15) is 0 Å². The summed E-state index contributed by atoms with van der Waals surface area (Å²) in [4.78, 5) is 12.4. The molecule has 2 aromatic heterocycles. The van der Waals surface area contributed by atoms with Crippen molar-refractivity contribution in [3.05, 3.63) is 239 Å². The van der Waals surface area contributed by atoms with Crippen LogP contribution in [0.2, 0.25) is 0 Å². The second-order valence-corrected chi connectivity index (χ2v) is 14.4. The number of hydrogen-bond donors (Lipinski definition) is 0. The van der Waals surface area contributed by atoms with E-state index in [0.29, 0.717) is 0 Å². The number of hydrogen-bond acceptors (Lipinski definition) is 3. The van der Waals surface area contributed by atoms with Crippen molar-refractivity contribution in [1.29, 1.82) is 0 Å². The van der Waals surface area contributed by atoms with Gasteiger partial charge in [-0.15, -0.1) is 0 Å². The molecule has 8 aromatic rings. The number of nitrogens with zero attached hydrogens (tertiary/aromatic N) is 2. The van der Waals surface area contributed by atoms with Crippen molar-refractivity contribution in [3.63, 3.8) is 0 Å². The maximum atomic E-state index is 5.04. The van der Waals surface area contributed by atoms with Crippen molar-refractivity contribution >= 4 is 11.8 Å². The van der Waals surface area contributed by atoms with Crippen molar-refractivity contribution in [2.45, 2.75) is 20.6 Å². The van der Waals surface area contributed by atoms with Crippen LogP contribution in [-0.4, -0.2) is 9.97 Å². The Kier molecular flexibility index (Phi) is 6.90. The maximum absolute atomic E-state index is 5.04. The van der Waals surface area contributed by atoms with Crippen LogP contribution in [0.3, 0.4) is 0 Å². The lowest BCUT2D eigenvalue weighted by Crippen LogP contribution is -2.29. The van der Waals surface area contributed by atoms with E-state index >= 15 is 0 Å². The van der Waals surface area contributed by atoms with E-state index in [9.17, 15) is 0 Å². The second kappa shape index (κ2) is 11.8. The summed E-state index contributed by atoms with van der Waals surface area (Å²) in [5.74, 6) is 0. The molecule has 3 heteroatoms. The van der Waals surface area contributed by atoms with Crippen LogP contribution in [0, 0.1) is 0 Å².